The van der Waals surface area contributed by atoms with Crippen LogP contribution in [-0.4, -0.2) is 35.5 Å². The molecular weight excluding hydrogens is 688 g/mol. The third-order valence-corrected chi connectivity index (χ3v) is 11.8. The molecule has 0 saturated heterocycles. The second kappa shape index (κ2) is 12.3. The van der Waals surface area contributed by atoms with Gasteiger partial charge in [0.05, 0.1) is 11.1 Å². The van der Waals surface area contributed by atoms with E-state index in [1.807, 2.05) is 41.5 Å². The van der Waals surface area contributed by atoms with E-state index in [9.17, 15) is 55.2 Å². The molecule has 48 heavy (non-hydrogen) atoms. The lowest BCUT2D eigenvalue weighted by Crippen LogP contribution is -2.67. The molecule has 2 aliphatic carbocycles. The number of nitriles is 2. The quantitative estimate of drug-likeness (QED) is 0.279. The topological polar surface area (TPSA) is 106 Å². The van der Waals surface area contributed by atoms with E-state index in [0.29, 0.717) is 82.1 Å². The Morgan fingerprint density at radius 1 is 0.646 bits per heavy atom. The molecule has 262 valence electrons. The fourth-order valence-electron chi connectivity index (χ4n) is 6.11. The molecule has 0 aliphatic heterocycles. The molecule has 2 heterocycles. The first-order valence-electron chi connectivity index (χ1n) is 15.1. The highest BCUT2D eigenvalue weighted by Crippen LogP contribution is 2.54. The van der Waals surface area contributed by atoms with Gasteiger partial charge in [0.25, 0.3) is 0 Å². The smallest absolute Gasteiger partial charge is 0.311 e. The summed E-state index contributed by atoms with van der Waals surface area (Å²) in [6.45, 7) is 11.8. The molecular formula is C32H34F8N4O2S2. The lowest BCUT2D eigenvalue weighted by atomic mass is 9.72. The number of amides is 2. The van der Waals surface area contributed by atoms with Crippen LogP contribution in [0.15, 0.2) is 0 Å². The van der Waals surface area contributed by atoms with E-state index in [1.165, 1.54) is 10.6 Å². The molecule has 2 atom stereocenters. The van der Waals surface area contributed by atoms with Gasteiger partial charge in [-0.15, -0.1) is 22.7 Å². The van der Waals surface area contributed by atoms with Gasteiger partial charge in [-0.25, -0.2) is 0 Å². The fourth-order valence-corrected chi connectivity index (χ4v) is 8.65. The van der Waals surface area contributed by atoms with E-state index in [4.69, 9.17) is 0 Å². The van der Waals surface area contributed by atoms with E-state index in [-0.39, 0.29) is 33.8 Å². The third-order valence-electron chi connectivity index (χ3n) is 9.41. The Bertz CT molecular complexity index is 1580. The highest BCUT2D eigenvalue weighted by Gasteiger charge is 2.84. The number of fused-ring (bicyclic) bond motifs is 2. The molecule has 2 N–H and O–H groups in total. The van der Waals surface area contributed by atoms with Crippen LogP contribution in [0.1, 0.15) is 86.4 Å². The number of hydrogen-bond acceptors (Lipinski definition) is 6. The van der Waals surface area contributed by atoms with Crippen LogP contribution < -0.4 is 10.6 Å². The van der Waals surface area contributed by atoms with Crippen LogP contribution in [0.25, 0.3) is 0 Å². The number of thiophene rings is 2. The van der Waals surface area contributed by atoms with E-state index < -0.39 is 45.5 Å². The summed E-state index contributed by atoms with van der Waals surface area (Å²) in [7, 11) is 0. The minimum atomic E-state index is -7.10. The molecule has 2 amide bonds. The van der Waals surface area contributed by atoms with Gasteiger partial charge in [0, 0.05) is 9.75 Å². The zero-order chi connectivity index (χ0) is 36.4. The van der Waals surface area contributed by atoms with Gasteiger partial charge in [-0.05, 0) is 72.3 Å². The van der Waals surface area contributed by atoms with Crippen molar-refractivity contribution in [3.05, 3.63) is 32.0 Å². The summed E-state index contributed by atoms with van der Waals surface area (Å²) in [4.78, 5) is 25.9. The van der Waals surface area contributed by atoms with Crippen molar-refractivity contribution >= 4 is 44.5 Å². The molecule has 2 aromatic rings. The first-order valence-corrected chi connectivity index (χ1v) is 16.7. The Morgan fingerprint density at radius 3 is 1.23 bits per heavy atom. The Morgan fingerprint density at radius 2 is 0.958 bits per heavy atom. The molecule has 0 aromatic carbocycles. The lowest BCUT2D eigenvalue weighted by Gasteiger charge is -2.35. The second-order valence-corrected chi connectivity index (χ2v) is 16.7. The summed E-state index contributed by atoms with van der Waals surface area (Å²) in [5.74, 6) is -33.1. The number of nitrogens with one attached hydrogen (secondary N) is 2. The molecule has 16 heteroatoms. The van der Waals surface area contributed by atoms with E-state index in [2.05, 4.69) is 0 Å². The number of hydrogen-bond donors (Lipinski definition) is 2. The van der Waals surface area contributed by atoms with Crippen LogP contribution in [0.2, 0.25) is 0 Å². The summed E-state index contributed by atoms with van der Waals surface area (Å²) in [5, 5.41) is 20.8. The van der Waals surface area contributed by atoms with Gasteiger partial charge in [0.15, 0.2) is 0 Å². The second-order valence-electron chi connectivity index (χ2n) is 14.5. The van der Waals surface area contributed by atoms with Crippen LogP contribution in [-0.2, 0) is 35.3 Å². The van der Waals surface area contributed by atoms with Crippen molar-refractivity contribution < 1.29 is 44.7 Å². The summed E-state index contributed by atoms with van der Waals surface area (Å²) >= 11 is 1.28. The first-order chi connectivity index (χ1) is 21.8. The van der Waals surface area contributed by atoms with Crippen LogP contribution in [0.3, 0.4) is 0 Å². The summed E-state index contributed by atoms with van der Waals surface area (Å²) < 4.78 is 119. The number of halogens is 8. The average molecular weight is 723 g/mol. The van der Waals surface area contributed by atoms with Crippen molar-refractivity contribution in [3.63, 3.8) is 0 Å². The monoisotopic (exact) mass is 722 g/mol. The highest BCUT2D eigenvalue weighted by molar-refractivity contribution is 7.17. The maximum atomic E-state index is 14.9. The van der Waals surface area contributed by atoms with Gasteiger partial charge in [-0.3, -0.25) is 9.59 Å². The van der Waals surface area contributed by atoms with E-state index in [0.717, 1.165) is 0 Å². The molecule has 6 nitrogen and oxygen atoms in total. The van der Waals surface area contributed by atoms with Crippen molar-refractivity contribution in [1.29, 1.82) is 10.5 Å². The number of rotatable bonds is 7. The average Bonchev–Trinajstić information content (AvgIpc) is 3.50. The van der Waals surface area contributed by atoms with Crippen molar-refractivity contribution in [2.45, 2.75) is 104 Å². The van der Waals surface area contributed by atoms with E-state index in [1.54, 1.807) is 12.1 Å². The fraction of sp³-hybridized carbons (Fsp3) is 0.625. The molecule has 0 radical (unpaired) electrons. The van der Waals surface area contributed by atoms with Gasteiger partial charge in [-0.2, -0.15) is 45.6 Å². The Balaban J connectivity index is 1.58. The third kappa shape index (κ3) is 6.19. The molecule has 0 fully saturated rings. The van der Waals surface area contributed by atoms with Crippen LogP contribution >= 0.6 is 22.7 Å². The Hall–Kier alpha value is -3.24. The van der Waals surface area contributed by atoms with Crippen molar-refractivity contribution in [2.24, 2.45) is 22.7 Å². The van der Waals surface area contributed by atoms with Crippen molar-refractivity contribution in [3.8, 4) is 12.1 Å². The zero-order valence-electron chi connectivity index (χ0n) is 26.9. The molecule has 2 aromatic heterocycles. The Kier molecular flexibility index (Phi) is 9.60. The molecule has 0 bridgehead atoms. The molecule has 0 spiro atoms. The largest absolute Gasteiger partial charge is 0.393 e. The Labute approximate surface area is 280 Å². The highest BCUT2D eigenvalue weighted by atomic mass is 32.1. The standard InChI is InChI=1S/C32H34F8N4O2S2/c1-27(2,3)15-7-9-17-19(13-41)23(47-21(17)11-15)43-25(45)29(33,34)31(37,38)32(39,40)30(35,36)26(46)44-24-20(14-42)18-10-8-16(28(4,5)6)12-22(18)48-24/h15-16H,7-12H2,1-6H3,(H,43,45)(H,44,46). The maximum Gasteiger partial charge on any atom is 0.393 e. The van der Waals surface area contributed by atoms with Crippen LogP contribution in [0.4, 0.5) is 45.1 Å². The van der Waals surface area contributed by atoms with Crippen molar-refractivity contribution in [1.82, 2.24) is 0 Å². The summed E-state index contributed by atoms with van der Waals surface area (Å²) in [6, 6.07) is 3.41. The first kappa shape index (κ1) is 37.6. The molecule has 2 aliphatic rings. The van der Waals surface area contributed by atoms with Gasteiger partial charge >= 0.3 is 35.5 Å². The molecule has 4 rings (SSSR count). The maximum absolute atomic E-state index is 14.9. The van der Waals surface area contributed by atoms with Gasteiger partial charge in [0.1, 0.15) is 22.1 Å². The van der Waals surface area contributed by atoms with Crippen LogP contribution in [0, 0.1) is 45.3 Å². The van der Waals surface area contributed by atoms with Crippen molar-refractivity contribution in [2.75, 3.05) is 10.6 Å². The van der Waals surface area contributed by atoms with Gasteiger partial charge in [0.2, 0.25) is 0 Å². The predicted molar refractivity (Wildman–Crippen MR) is 165 cm³/mol. The lowest BCUT2D eigenvalue weighted by molar-refractivity contribution is -0.345. The van der Waals surface area contributed by atoms with Crippen LogP contribution in [0.5, 0.6) is 0 Å². The molecule has 2 unspecified atom stereocenters. The summed E-state index contributed by atoms with van der Waals surface area (Å²) in [6.07, 6.45) is 2.53. The number of nitrogens with zero attached hydrogens (tertiary/aromatic N) is 2. The molecule has 0 saturated carbocycles. The number of alkyl halides is 8. The summed E-state index contributed by atoms with van der Waals surface area (Å²) in [5.41, 5.74) is -0.223. The minimum Gasteiger partial charge on any atom is -0.311 e. The number of anilines is 2. The normalized spacial score (nSPS) is 19.1. The van der Waals surface area contributed by atoms with E-state index >= 15 is 0 Å². The minimum absolute atomic E-state index is 0.0841. The van der Waals surface area contributed by atoms with Gasteiger partial charge < -0.3 is 10.6 Å². The number of carbonyl (C=O) groups excluding carboxylic acids is 2. The predicted octanol–water partition coefficient (Wildman–Crippen LogP) is 8.97. The van der Waals surface area contributed by atoms with Gasteiger partial charge in [-0.1, -0.05) is 41.5 Å². The number of carbonyl (C=O) groups is 2. The zero-order valence-corrected chi connectivity index (χ0v) is 28.6. The SMILES string of the molecule is CC(C)(C)C1CCc2c(sc(NC(=O)C(F)(F)C(F)(F)C(F)(F)C(F)(F)C(=O)Nc3sc4c(c3C#N)CCC(C(C)(C)C)C4)c2C#N)C1.